The zero-order chi connectivity index (χ0) is 8.39. The van der Waals surface area contributed by atoms with Crippen LogP contribution in [0.25, 0.3) is 0 Å². The predicted molar refractivity (Wildman–Crippen MR) is 44.0 cm³/mol. The molecule has 0 amide bonds. The Bertz CT molecular complexity index is 303. The third-order valence-corrected chi connectivity index (χ3v) is 1.68. The number of anilines is 1. The van der Waals surface area contributed by atoms with Gasteiger partial charge in [0.2, 0.25) is 0 Å². The van der Waals surface area contributed by atoms with Crippen molar-refractivity contribution in [2.45, 2.75) is 0 Å². The Morgan fingerprint density at radius 1 is 1.33 bits per heavy atom. The molecule has 3 heteroatoms. The highest BCUT2D eigenvalue weighted by Crippen LogP contribution is 2.20. The van der Waals surface area contributed by atoms with E-state index in [4.69, 9.17) is 4.84 Å². The molecule has 0 saturated carbocycles. The van der Waals surface area contributed by atoms with E-state index in [0.29, 0.717) is 12.2 Å². The summed E-state index contributed by atoms with van der Waals surface area (Å²) in [5.74, 6) is -0.263. The molecule has 1 aliphatic heterocycles. The SMILES string of the molecule is Fc1ccccc1N1CC=CO1. The Morgan fingerprint density at radius 3 is 2.83 bits per heavy atom. The molecular weight excluding hydrogens is 157 g/mol. The number of halogens is 1. The van der Waals surface area contributed by atoms with Gasteiger partial charge in [-0.25, -0.2) is 9.45 Å². The lowest BCUT2D eigenvalue weighted by molar-refractivity contribution is 0.243. The van der Waals surface area contributed by atoms with Crippen LogP contribution in [0.3, 0.4) is 0 Å². The predicted octanol–water partition coefficient (Wildman–Crippen LogP) is 2.09. The summed E-state index contributed by atoms with van der Waals surface area (Å²) in [5, 5.41) is 1.50. The van der Waals surface area contributed by atoms with E-state index >= 15 is 0 Å². The summed E-state index contributed by atoms with van der Waals surface area (Å²) in [6.45, 7) is 0.598. The van der Waals surface area contributed by atoms with Gasteiger partial charge in [-0.1, -0.05) is 12.1 Å². The van der Waals surface area contributed by atoms with Gasteiger partial charge in [-0.05, 0) is 18.2 Å². The van der Waals surface area contributed by atoms with Crippen LogP contribution < -0.4 is 5.06 Å². The fraction of sp³-hybridized carbons (Fsp3) is 0.111. The van der Waals surface area contributed by atoms with Crippen molar-refractivity contribution >= 4 is 5.69 Å². The Hall–Kier alpha value is -1.51. The number of hydrogen-bond acceptors (Lipinski definition) is 2. The molecule has 1 heterocycles. The second-order valence-electron chi connectivity index (χ2n) is 2.49. The third-order valence-electron chi connectivity index (χ3n) is 1.68. The summed E-state index contributed by atoms with van der Waals surface area (Å²) in [7, 11) is 0. The van der Waals surface area contributed by atoms with Gasteiger partial charge in [0.25, 0.3) is 0 Å². The fourth-order valence-electron chi connectivity index (χ4n) is 1.11. The van der Waals surface area contributed by atoms with Crippen LogP contribution in [0, 0.1) is 5.82 Å². The van der Waals surface area contributed by atoms with Crippen molar-refractivity contribution in [2.75, 3.05) is 11.6 Å². The van der Waals surface area contributed by atoms with Gasteiger partial charge in [0.1, 0.15) is 17.8 Å². The lowest BCUT2D eigenvalue weighted by atomic mass is 10.3. The first-order chi connectivity index (χ1) is 5.88. The minimum atomic E-state index is -0.263. The number of hydrogen-bond donors (Lipinski definition) is 0. The van der Waals surface area contributed by atoms with Gasteiger partial charge in [-0.15, -0.1) is 0 Å². The number of rotatable bonds is 1. The molecule has 0 fully saturated rings. The van der Waals surface area contributed by atoms with Crippen LogP contribution >= 0.6 is 0 Å². The molecule has 0 N–H and O–H groups in total. The summed E-state index contributed by atoms with van der Waals surface area (Å²) in [6.07, 6.45) is 3.37. The minimum absolute atomic E-state index is 0.263. The van der Waals surface area contributed by atoms with Crippen LogP contribution in [-0.4, -0.2) is 6.54 Å². The molecule has 0 saturated heterocycles. The van der Waals surface area contributed by atoms with Crippen LogP contribution in [0.5, 0.6) is 0 Å². The first-order valence-corrected chi connectivity index (χ1v) is 3.72. The van der Waals surface area contributed by atoms with Gasteiger partial charge in [-0.3, -0.25) is 0 Å². The Balaban J connectivity index is 2.27. The number of benzene rings is 1. The molecule has 0 bridgehead atoms. The molecule has 0 radical (unpaired) electrons. The topological polar surface area (TPSA) is 12.5 Å². The van der Waals surface area contributed by atoms with Gasteiger partial charge < -0.3 is 4.84 Å². The molecule has 0 aliphatic carbocycles. The summed E-state index contributed by atoms with van der Waals surface area (Å²) in [4.78, 5) is 5.03. The number of para-hydroxylation sites is 1. The van der Waals surface area contributed by atoms with Gasteiger partial charge >= 0.3 is 0 Å². The first kappa shape index (κ1) is 7.16. The monoisotopic (exact) mass is 165 g/mol. The van der Waals surface area contributed by atoms with Gasteiger partial charge in [0.05, 0.1) is 6.54 Å². The fourth-order valence-corrected chi connectivity index (χ4v) is 1.11. The standard InChI is InChI=1S/C9H8FNO/c10-8-4-1-2-5-9(8)11-6-3-7-12-11/h1-5,7H,6H2. The van der Waals surface area contributed by atoms with Gasteiger partial charge in [0.15, 0.2) is 0 Å². The molecule has 62 valence electrons. The highest BCUT2D eigenvalue weighted by atomic mass is 19.1. The van der Waals surface area contributed by atoms with Crippen molar-refractivity contribution in [3.63, 3.8) is 0 Å². The summed E-state index contributed by atoms with van der Waals surface area (Å²) >= 11 is 0. The quantitative estimate of drug-likeness (QED) is 0.631. The van der Waals surface area contributed by atoms with E-state index in [-0.39, 0.29) is 5.82 Å². The number of hydroxylamine groups is 1. The van der Waals surface area contributed by atoms with E-state index in [2.05, 4.69) is 0 Å². The Labute approximate surface area is 69.8 Å². The van der Waals surface area contributed by atoms with Crippen LogP contribution in [0.15, 0.2) is 36.6 Å². The van der Waals surface area contributed by atoms with E-state index < -0.39 is 0 Å². The van der Waals surface area contributed by atoms with Crippen molar-refractivity contribution in [2.24, 2.45) is 0 Å². The van der Waals surface area contributed by atoms with Crippen LogP contribution in [-0.2, 0) is 4.84 Å². The summed E-state index contributed by atoms with van der Waals surface area (Å²) in [6, 6.07) is 6.53. The van der Waals surface area contributed by atoms with Crippen molar-refractivity contribution in [1.82, 2.24) is 0 Å². The van der Waals surface area contributed by atoms with Gasteiger partial charge in [-0.2, -0.15) is 0 Å². The molecule has 0 spiro atoms. The highest BCUT2D eigenvalue weighted by Gasteiger charge is 2.12. The first-order valence-electron chi connectivity index (χ1n) is 3.72. The van der Waals surface area contributed by atoms with Gasteiger partial charge in [0, 0.05) is 0 Å². The largest absolute Gasteiger partial charge is 0.387 e. The average molecular weight is 165 g/mol. The average Bonchev–Trinajstić information content (AvgIpc) is 2.57. The second kappa shape index (κ2) is 2.85. The van der Waals surface area contributed by atoms with Crippen molar-refractivity contribution in [3.05, 3.63) is 42.4 Å². The molecule has 0 unspecified atom stereocenters. The molecule has 1 aromatic carbocycles. The molecule has 2 rings (SSSR count). The maximum atomic E-state index is 13.1. The van der Waals surface area contributed by atoms with Crippen LogP contribution in [0.4, 0.5) is 10.1 Å². The Kier molecular flexibility index (Phi) is 1.70. The maximum Gasteiger partial charge on any atom is 0.149 e. The molecule has 1 aliphatic rings. The summed E-state index contributed by atoms with van der Waals surface area (Å²) in [5.41, 5.74) is 0.475. The second-order valence-corrected chi connectivity index (χ2v) is 2.49. The molecular formula is C9H8FNO. The van der Waals surface area contributed by atoms with Crippen LogP contribution in [0.2, 0.25) is 0 Å². The molecule has 12 heavy (non-hydrogen) atoms. The van der Waals surface area contributed by atoms with E-state index in [0.717, 1.165) is 0 Å². The molecule has 1 aromatic rings. The summed E-state index contributed by atoms with van der Waals surface area (Å²) < 4.78 is 13.1. The van der Waals surface area contributed by atoms with Crippen molar-refractivity contribution < 1.29 is 9.23 Å². The Morgan fingerprint density at radius 2 is 2.17 bits per heavy atom. The smallest absolute Gasteiger partial charge is 0.149 e. The zero-order valence-electron chi connectivity index (χ0n) is 6.40. The minimum Gasteiger partial charge on any atom is -0.387 e. The normalized spacial score (nSPS) is 14.9. The molecule has 2 nitrogen and oxygen atoms in total. The van der Waals surface area contributed by atoms with Crippen molar-refractivity contribution in [3.8, 4) is 0 Å². The highest BCUT2D eigenvalue weighted by molar-refractivity contribution is 5.46. The van der Waals surface area contributed by atoms with E-state index in [1.54, 1.807) is 24.5 Å². The number of nitrogens with zero attached hydrogens (tertiary/aromatic N) is 1. The third kappa shape index (κ3) is 1.13. The van der Waals surface area contributed by atoms with Crippen molar-refractivity contribution in [1.29, 1.82) is 0 Å². The zero-order valence-corrected chi connectivity index (χ0v) is 6.40. The lowest BCUT2D eigenvalue weighted by Gasteiger charge is -2.16. The molecule has 0 aromatic heterocycles. The van der Waals surface area contributed by atoms with E-state index in [1.807, 2.05) is 6.08 Å². The maximum absolute atomic E-state index is 13.1. The van der Waals surface area contributed by atoms with E-state index in [9.17, 15) is 4.39 Å². The lowest BCUT2D eigenvalue weighted by Crippen LogP contribution is -2.17. The molecule has 0 atom stereocenters. The van der Waals surface area contributed by atoms with Crippen LogP contribution in [0.1, 0.15) is 0 Å². The van der Waals surface area contributed by atoms with E-state index in [1.165, 1.54) is 11.1 Å².